The van der Waals surface area contributed by atoms with Crippen molar-refractivity contribution in [1.82, 2.24) is 0 Å². The summed E-state index contributed by atoms with van der Waals surface area (Å²) in [5.41, 5.74) is 0. The summed E-state index contributed by atoms with van der Waals surface area (Å²) in [6.45, 7) is 4.41. The number of carbonyl (C=O) groups excluding carboxylic acids is 1. The van der Waals surface area contributed by atoms with Gasteiger partial charge in [-0.2, -0.15) is 0 Å². The van der Waals surface area contributed by atoms with Gasteiger partial charge in [0.1, 0.15) is 6.10 Å². The molecule has 0 aromatic heterocycles. The zero-order chi connectivity index (χ0) is 30.8. The van der Waals surface area contributed by atoms with Crippen LogP contribution in [0.4, 0.5) is 0 Å². The number of rotatable bonds is 31. The SMILES string of the molecule is CC/C=C\C/C=C\C/C=C\C/C=C\CCCCCCC(=O)OC(CCCCCCCCC)CCCCCCCC(=O)O. The molecule has 0 saturated heterocycles. The van der Waals surface area contributed by atoms with Gasteiger partial charge in [-0.05, 0) is 77.0 Å². The number of unbranched alkanes of at least 4 members (excludes halogenated alkanes) is 14. The largest absolute Gasteiger partial charge is 0.481 e. The molecule has 1 unspecified atom stereocenters. The predicted octanol–water partition coefficient (Wildman–Crippen LogP) is 12.0. The lowest BCUT2D eigenvalue weighted by Gasteiger charge is -2.18. The lowest BCUT2D eigenvalue weighted by atomic mass is 10.0. The molecule has 0 saturated carbocycles. The minimum absolute atomic E-state index is 0.0247. The van der Waals surface area contributed by atoms with Crippen LogP contribution in [0.3, 0.4) is 0 Å². The minimum Gasteiger partial charge on any atom is -0.481 e. The molecular weight excluding hydrogens is 520 g/mol. The third-order valence-corrected chi connectivity index (χ3v) is 7.57. The average Bonchev–Trinajstić information content (AvgIpc) is 2.97. The fourth-order valence-corrected chi connectivity index (χ4v) is 5.00. The smallest absolute Gasteiger partial charge is 0.306 e. The molecule has 0 aromatic carbocycles. The van der Waals surface area contributed by atoms with Crippen molar-refractivity contribution < 1.29 is 19.4 Å². The maximum Gasteiger partial charge on any atom is 0.306 e. The second kappa shape index (κ2) is 33.4. The molecule has 0 radical (unpaired) electrons. The van der Waals surface area contributed by atoms with E-state index in [1.54, 1.807) is 0 Å². The van der Waals surface area contributed by atoms with Crippen LogP contribution in [0.15, 0.2) is 48.6 Å². The van der Waals surface area contributed by atoms with Crippen molar-refractivity contribution in [2.45, 2.75) is 180 Å². The molecule has 42 heavy (non-hydrogen) atoms. The first kappa shape index (κ1) is 39.9. The number of aliphatic carboxylic acids is 1. The van der Waals surface area contributed by atoms with Gasteiger partial charge < -0.3 is 9.84 Å². The quantitative estimate of drug-likeness (QED) is 0.0498. The zero-order valence-electron chi connectivity index (χ0n) is 27.5. The van der Waals surface area contributed by atoms with E-state index >= 15 is 0 Å². The molecule has 0 aliphatic carbocycles. The molecule has 0 rings (SSSR count). The highest BCUT2D eigenvalue weighted by Crippen LogP contribution is 2.18. The number of hydrogen-bond acceptors (Lipinski definition) is 3. The Hall–Kier alpha value is -2.10. The van der Waals surface area contributed by atoms with Gasteiger partial charge in [-0.15, -0.1) is 0 Å². The second-order valence-corrected chi connectivity index (χ2v) is 11.7. The summed E-state index contributed by atoms with van der Waals surface area (Å²) in [7, 11) is 0. The molecule has 242 valence electrons. The van der Waals surface area contributed by atoms with Crippen molar-refractivity contribution in [1.29, 1.82) is 0 Å². The monoisotopic (exact) mass is 586 g/mol. The van der Waals surface area contributed by atoms with E-state index in [0.717, 1.165) is 103 Å². The van der Waals surface area contributed by atoms with Gasteiger partial charge in [0.25, 0.3) is 0 Å². The molecule has 0 spiro atoms. The average molecular weight is 587 g/mol. The molecule has 0 aliphatic rings. The van der Waals surface area contributed by atoms with Crippen molar-refractivity contribution in [3.8, 4) is 0 Å². The van der Waals surface area contributed by atoms with E-state index in [4.69, 9.17) is 9.84 Å². The van der Waals surface area contributed by atoms with Gasteiger partial charge in [0.05, 0.1) is 0 Å². The Morgan fingerprint density at radius 2 is 1.00 bits per heavy atom. The number of esters is 1. The van der Waals surface area contributed by atoms with Crippen LogP contribution in [-0.4, -0.2) is 23.1 Å². The first-order valence-electron chi connectivity index (χ1n) is 17.6. The van der Waals surface area contributed by atoms with E-state index in [-0.39, 0.29) is 18.5 Å². The molecule has 0 amide bonds. The van der Waals surface area contributed by atoms with Crippen LogP contribution in [0.1, 0.15) is 174 Å². The van der Waals surface area contributed by atoms with Gasteiger partial charge in [0.15, 0.2) is 0 Å². The standard InChI is InChI=1S/C38H66O4/c1-3-5-7-9-11-12-13-14-15-16-17-18-19-20-22-27-31-35-38(41)42-36(32-28-24-21-10-8-6-4-2)33-29-25-23-26-30-34-37(39)40/h5,7,11-12,14-15,17-18,36H,3-4,6,8-10,13,16,19-35H2,1-2H3,(H,39,40)/b7-5-,12-11-,15-14-,18-17-. The Bertz CT molecular complexity index is 719. The number of hydrogen-bond donors (Lipinski definition) is 1. The summed E-state index contributed by atoms with van der Waals surface area (Å²) >= 11 is 0. The van der Waals surface area contributed by atoms with Gasteiger partial charge in [-0.25, -0.2) is 0 Å². The summed E-state index contributed by atoms with van der Waals surface area (Å²) in [5, 5.41) is 8.77. The minimum atomic E-state index is -0.706. The van der Waals surface area contributed by atoms with Crippen molar-refractivity contribution in [2.24, 2.45) is 0 Å². The highest BCUT2D eigenvalue weighted by molar-refractivity contribution is 5.69. The lowest BCUT2D eigenvalue weighted by molar-refractivity contribution is -0.150. The molecule has 0 fully saturated rings. The third-order valence-electron chi connectivity index (χ3n) is 7.57. The van der Waals surface area contributed by atoms with E-state index in [9.17, 15) is 9.59 Å². The van der Waals surface area contributed by atoms with E-state index < -0.39 is 5.97 Å². The molecule has 4 nitrogen and oxygen atoms in total. The predicted molar refractivity (Wildman–Crippen MR) is 181 cm³/mol. The molecule has 1 atom stereocenters. The fraction of sp³-hybridized carbons (Fsp3) is 0.737. The summed E-state index contributed by atoms with van der Waals surface area (Å²) in [6, 6.07) is 0. The van der Waals surface area contributed by atoms with Gasteiger partial charge in [-0.1, -0.05) is 133 Å². The van der Waals surface area contributed by atoms with E-state index in [1.807, 2.05) is 0 Å². The van der Waals surface area contributed by atoms with Crippen LogP contribution >= 0.6 is 0 Å². The Kier molecular flexibility index (Phi) is 31.7. The molecular formula is C38H66O4. The summed E-state index contributed by atoms with van der Waals surface area (Å²) < 4.78 is 5.94. The van der Waals surface area contributed by atoms with Crippen LogP contribution < -0.4 is 0 Å². The summed E-state index contributed by atoms with van der Waals surface area (Å²) in [5.74, 6) is -0.731. The van der Waals surface area contributed by atoms with Crippen molar-refractivity contribution in [2.75, 3.05) is 0 Å². The van der Waals surface area contributed by atoms with Gasteiger partial charge >= 0.3 is 11.9 Å². The third kappa shape index (κ3) is 32.4. The highest BCUT2D eigenvalue weighted by Gasteiger charge is 2.14. The molecule has 4 heteroatoms. The first-order valence-corrected chi connectivity index (χ1v) is 17.6. The van der Waals surface area contributed by atoms with Gasteiger partial charge in [-0.3, -0.25) is 9.59 Å². The maximum atomic E-state index is 12.6. The lowest BCUT2D eigenvalue weighted by Crippen LogP contribution is -2.18. The fourth-order valence-electron chi connectivity index (χ4n) is 5.00. The van der Waals surface area contributed by atoms with E-state index in [1.165, 1.54) is 44.9 Å². The zero-order valence-corrected chi connectivity index (χ0v) is 27.5. The normalized spacial score (nSPS) is 12.8. The topological polar surface area (TPSA) is 63.6 Å². The molecule has 0 aromatic rings. The highest BCUT2D eigenvalue weighted by atomic mass is 16.5. The number of ether oxygens (including phenoxy) is 1. The Morgan fingerprint density at radius 1 is 0.548 bits per heavy atom. The Morgan fingerprint density at radius 3 is 1.55 bits per heavy atom. The van der Waals surface area contributed by atoms with Crippen LogP contribution in [0, 0.1) is 0 Å². The Labute approximate surface area is 260 Å². The molecule has 1 N–H and O–H groups in total. The number of carbonyl (C=O) groups is 2. The Balaban J connectivity index is 4.02. The number of allylic oxidation sites excluding steroid dienone is 8. The van der Waals surface area contributed by atoms with Crippen molar-refractivity contribution in [3.63, 3.8) is 0 Å². The molecule has 0 aliphatic heterocycles. The van der Waals surface area contributed by atoms with Gasteiger partial charge in [0, 0.05) is 12.8 Å². The van der Waals surface area contributed by atoms with Crippen LogP contribution in [0.5, 0.6) is 0 Å². The number of carboxylic acid groups (broad SMARTS) is 1. The maximum absolute atomic E-state index is 12.6. The number of carboxylic acids is 1. The van der Waals surface area contributed by atoms with Crippen molar-refractivity contribution >= 4 is 11.9 Å². The van der Waals surface area contributed by atoms with E-state index in [0.29, 0.717) is 6.42 Å². The van der Waals surface area contributed by atoms with E-state index in [2.05, 4.69) is 62.5 Å². The van der Waals surface area contributed by atoms with Crippen LogP contribution in [0.2, 0.25) is 0 Å². The molecule has 0 heterocycles. The van der Waals surface area contributed by atoms with Crippen LogP contribution in [-0.2, 0) is 14.3 Å². The van der Waals surface area contributed by atoms with Gasteiger partial charge in [0.2, 0.25) is 0 Å². The second-order valence-electron chi connectivity index (χ2n) is 11.7. The summed E-state index contributed by atoms with van der Waals surface area (Å²) in [4.78, 5) is 23.2. The first-order chi connectivity index (χ1) is 20.6. The molecule has 0 bridgehead atoms. The summed E-state index contributed by atoms with van der Waals surface area (Å²) in [6.07, 6.45) is 44.1. The van der Waals surface area contributed by atoms with Crippen molar-refractivity contribution in [3.05, 3.63) is 48.6 Å². The van der Waals surface area contributed by atoms with Crippen LogP contribution in [0.25, 0.3) is 0 Å².